The smallest absolute Gasteiger partial charge is 0.190 e. The second-order valence-electron chi connectivity index (χ2n) is 6.68. The predicted octanol–water partition coefficient (Wildman–Crippen LogP) is 5.07. The molecule has 0 aliphatic rings. The van der Waals surface area contributed by atoms with Crippen LogP contribution in [-0.4, -0.2) is 39.1 Å². The van der Waals surface area contributed by atoms with Crippen LogP contribution in [0.3, 0.4) is 0 Å². The number of aromatic nitrogens is 1. The SMILES string of the molecule is CCOc1ccc(N=c2scc(-c3cc(OC)ccc3OC)n2C(C)COC)cc1. The summed E-state index contributed by atoms with van der Waals surface area (Å²) in [5.41, 5.74) is 2.82. The Morgan fingerprint density at radius 3 is 2.37 bits per heavy atom. The Labute approximate surface area is 181 Å². The van der Waals surface area contributed by atoms with E-state index in [9.17, 15) is 0 Å². The fourth-order valence-corrected chi connectivity index (χ4v) is 4.26. The maximum atomic E-state index is 5.62. The lowest BCUT2D eigenvalue weighted by molar-refractivity contribution is 0.162. The third-order valence-electron chi connectivity index (χ3n) is 4.65. The molecule has 0 radical (unpaired) electrons. The van der Waals surface area contributed by atoms with Crippen LogP contribution in [0.15, 0.2) is 52.8 Å². The van der Waals surface area contributed by atoms with Crippen molar-refractivity contribution in [3.8, 4) is 28.5 Å². The molecule has 0 saturated heterocycles. The fraction of sp³-hybridized carbons (Fsp3) is 0.348. The van der Waals surface area contributed by atoms with Gasteiger partial charge in [-0.2, -0.15) is 0 Å². The molecular formula is C23H28N2O4S. The third kappa shape index (κ3) is 4.86. The lowest BCUT2D eigenvalue weighted by Crippen LogP contribution is -2.23. The van der Waals surface area contributed by atoms with Crippen molar-refractivity contribution in [3.05, 3.63) is 52.6 Å². The van der Waals surface area contributed by atoms with Crippen molar-refractivity contribution in [2.45, 2.75) is 19.9 Å². The maximum absolute atomic E-state index is 5.62. The number of ether oxygens (including phenoxy) is 4. The highest BCUT2D eigenvalue weighted by molar-refractivity contribution is 7.07. The van der Waals surface area contributed by atoms with Crippen molar-refractivity contribution in [1.82, 2.24) is 4.57 Å². The highest BCUT2D eigenvalue weighted by Gasteiger charge is 2.18. The normalized spacial score (nSPS) is 12.6. The topological polar surface area (TPSA) is 54.2 Å². The monoisotopic (exact) mass is 428 g/mol. The number of nitrogens with zero attached hydrogens (tertiary/aromatic N) is 2. The summed E-state index contributed by atoms with van der Waals surface area (Å²) >= 11 is 1.58. The van der Waals surface area contributed by atoms with Crippen LogP contribution in [0.2, 0.25) is 0 Å². The lowest BCUT2D eigenvalue weighted by atomic mass is 10.1. The van der Waals surface area contributed by atoms with Crippen molar-refractivity contribution in [2.75, 3.05) is 34.5 Å². The Morgan fingerprint density at radius 1 is 1.00 bits per heavy atom. The average Bonchev–Trinajstić information content (AvgIpc) is 3.18. The van der Waals surface area contributed by atoms with Crippen LogP contribution in [0.25, 0.3) is 11.3 Å². The van der Waals surface area contributed by atoms with Crippen molar-refractivity contribution >= 4 is 17.0 Å². The van der Waals surface area contributed by atoms with E-state index in [2.05, 4.69) is 16.9 Å². The molecule has 0 N–H and O–H groups in total. The van der Waals surface area contributed by atoms with E-state index in [4.69, 9.17) is 23.9 Å². The van der Waals surface area contributed by atoms with Crippen LogP contribution < -0.4 is 19.0 Å². The quantitative estimate of drug-likeness (QED) is 0.477. The van der Waals surface area contributed by atoms with E-state index in [0.29, 0.717) is 13.2 Å². The first-order chi connectivity index (χ1) is 14.6. The van der Waals surface area contributed by atoms with Gasteiger partial charge < -0.3 is 23.5 Å². The average molecular weight is 429 g/mol. The molecule has 2 aromatic carbocycles. The van der Waals surface area contributed by atoms with Gasteiger partial charge in [0.1, 0.15) is 17.2 Å². The van der Waals surface area contributed by atoms with Gasteiger partial charge in [-0.15, -0.1) is 11.3 Å². The van der Waals surface area contributed by atoms with Gasteiger partial charge in [0.15, 0.2) is 4.80 Å². The summed E-state index contributed by atoms with van der Waals surface area (Å²) in [6, 6.07) is 13.7. The Hall–Kier alpha value is -2.77. The van der Waals surface area contributed by atoms with Gasteiger partial charge >= 0.3 is 0 Å². The van der Waals surface area contributed by atoms with Crippen LogP contribution in [-0.2, 0) is 4.74 Å². The molecule has 1 unspecified atom stereocenters. The highest BCUT2D eigenvalue weighted by atomic mass is 32.1. The van der Waals surface area contributed by atoms with E-state index >= 15 is 0 Å². The maximum Gasteiger partial charge on any atom is 0.190 e. The Kier molecular flexibility index (Phi) is 7.54. The van der Waals surface area contributed by atoms with Crippen LogP contribution in [0, 0.1) is 0 Å². The van der Waals surface area contributed by atoms with E-state index in [1.165, 1.54) is 0 Å². The summed E-state index contributed by atoms with van der Waals surface area (Å²) in [5.74, 6) is 2.39. The lowest BCUT2D eigenvalue weighted by Gasteiger charge is -2.18. The standard InChI is InChI=1S/C23H28N2O4S/c1-6-29-18-9-7-17(8-10-18)24-23-25(16(2)14-26-3)21(15-30-23)20-13-19(27-4)11-12-22(20)28-5/h7-13,15-16H,6,14H2,1-5H3. The molecular weight excluding hydrogens is 400 g/mol. The minimum atomic E-state index is 0.0774. The van der Waals surface area contributed by atoms with Gasteiger partial charge in [-0.1, -0.05) is 0 Å². The van der Waals surface area contributed by atoms with Crippen LogP contribution in [0.1, 0.15) is 19.9 Å². The van der Waals surface area contributed by atoms with Gasteiger partial charge in [0.2, 0.25) is 0 Å². The van der Waals surface area contributed by atoms with Gasteiger partial charge in [0, 0.05) is 18.1 Å². The number of hydrogen-bond acceptors (Lipinski definition) is 6. The van der Waals surface area contributed by atoms with E-state index < -0.39 is 0 Å². The van der Waals surface area contributed by atoms with Gasteiger partial charge in [-0.05, 0) is 56.3 Å². The molecule has 1 atom stereocenters. The first-order valence-electron chi connectivity index (χ1n) is 9.80. The van der Waals surface area contributed by atoms with Crippen molar-refractivity contribution in [1.29, 1.82) is 0 Å². The molecule has 0 fully saturated rings. The van der Waals surface area contributed by atoms with E-state index in [-0.39, 0.29) is 6.04 Å². The summed E-state index contributed by atoms with van der Waals surface area (Å²) in [4.78, 5) is 5.77. The van der Waals surface area contributed by atoms with Crippen molar-refractivity contribution in [2.24, 2.45) is 4.99 Å². The highest BCUT2D eigenvalue weighted by Crippen LogP contribution is 2.35. The first kappa shape index (κ1) is 21.9. The largest absolute Gasteiger partial charge is 0.497 e. The van der Waals surface area contributed by atoms with E-state index in [1.54, 1.807) is 32.7 Å². The minimum absolute atomic E-state index is 0.0774. The summed E-state index contributed by atoms with van der Waals surface area (Å²) in [5, 5.41) is 2.09. The molecule has 30 heavy (non-hydrogen) atoms. The van der Waals surface area contributed by atoms with Gasteiger partial charge in [0.05, 0.1) is 44.9 Å². The van der Waals surface area contributed by atoms with Gasteiger partial charge in [0.25, 0.3) is 0 Å². The minimum Gasteiger partial charge on any atom is -0.497 e. The molecule has 0 aliphatic carbocycles. The Bertz CT molecular complexity index is 1020. The number of thiazole rings is 1. The summed E-state index contributed by atoms with van der Waals surface area (Å²) in [6.07, 6.45) is 0. The molecule has 0 amide bonds. The number of rotatable bonds is 9. The second kappa shape index (κ2) is 10.3. The van der Waals surface area contributed by atoms with E-state index in [0.717, 1.165) is 39.0 Å². The number of benzene rings is 2. The molecule has 7 heteroatoms. The third-order valence-corrected chi connectivity index (χ3v) is 5.49. The van der Waals surface area contributed by atoms with Crippen LogP contribution in [0.4, 0.5) is 5.69 Å². The zero-order valence-corrected chi connectivity index (χ0v) is 18.9. The fourth-order valence-electron chi connectivity index (χ4n) is 3.25. The molecule has 0 spiro atoms. The number of methoxy groups -OCH3 is 3. The summed E-state index contributed by atoms with van der Waals surface area (Å²) in [6.45, 7) is 5.29. The summed E-state index contributed by atoms with van der Waals surface area (Å²) in [7, 11) is 5.04. The van der Waals surface area contributed by atoms with Crippen LogP contribution >= 0.6 is 11.3 Å². The molecule has 0 saturated carbocycles. The van der Waals surface area contributed by atoms with E-state index in [1.807, 2.05) is 49.4 Å². The first-order valence-corrected chi connectivity index (χ1v) is 10.7. The Balaban J connectivity index is 2.14. The molecule has 6 nitrogen and oxygen atoms in total. The molecule has 160 valence electrons. The molecule has 1 heterocycles. The van der Waals surface area contributed by atoms with Gasteiger partial charge in [-0.25, -0.2) is 4.99 Å². The van der Waals surface area contributed by atoms with Crippen molar-refractivity contribution in [3.63, 3.8) is 0 Å². The zero-order valence-electron chi connectivity index (χ0n) is 18.0. The molecule has 0 aliphatic heterocycles. The van der Waals surface area contributed by atoms with Crippen LogP contribution in [0.5, 0.6) is 17.2 Å². The zero-order chi connectivity index (χ0) is 21.5. The molecule has 3 aromatic rings. The molecule has 3 rings (SSSR count). The summed E-state index contributed by atoms with van der Waals surface area (Å²) < 4.78 is 24.2. The van der Waals surface area contributed by atoms with Crippen molar-refractivity contribution < 1.29 is 18.9 Å². The molecule has 1 aromatic heterocycles. The van der Waals surface area contributed by atoms with Gasteiger partial charge in [-0.3, -0.25) is 0 Å². The molecule has 0 bridgehead atoms. The Morgan fingerprint density at radius 2 is 1.73 bits per heavy atom. The predicted molar refractivity (Wildman–Crippen MR) is 120 cm³/mol. The number of hydrogen-bond donors (Lipinski definition) is 0. The second-order valence-corrected chi connectivity index (χ2v) is 7.52.